The molecule has 3 N–H and O–H groups in total. The van der Waals surface area contributed by atoms with E-state index in [9.17, 15) is 4.79 Å². The van der Waals surface area contributed by atoms with Crippen molar-refractivity contribution in [2.45, 2.75) is 25.9 Å². The summed E-state index contributed by atoms with van der Waals surface area (Å²) in [6.45, 7) is 4.18. The van der Waals surface area contributed by atoms with Gasteiger partial charge in [-0.15, -0.1) is 0 Å². The Morgan fingerprint density at radius 2 is 2.15 bits per heavy atom. The van der Waals surface area contributed by atoms with Crippen LogP contribution in [-0.2, 0) is 9.53 Å². The fourth-order valence-electron chi connectivity index (χ4n) is 2.49. The van der Waals surface area contributed by atoms with E-state index < -0.39 is 0 Å². The highest BCUT2D eigenvalue weighted by Gasteiger charge is 2.20. The van der Waals surface area contributed by atoms with Gasteiger partial charge in [0.15, 0.2) is 0 Å². The lowest BCUT2D eigenvalue weighted by molar-refractivity contribution is -0.117. The maximum atomic E-state index is 12.0. The van der Waals surface area contributed by atoms with Crippen LogP contribution in [0.4, 0.5) is 11.4 Å². The quantitative estimate of drug-likeness (QED) is 0.821. The van der Waals surface area contributed by atoms with Crippen molar-refractivity contribution >= 4 is 17.3 Å². The number of piperidine rings is 1. The topological polar surface area (TPSA) is 67.6 Å². The molecule has 2 rings (SSSR count). The molecule has 0 radical (unpaired) electrons. The number of likely N-dealkylation sites (tertiary alicyclic amines) is 1. The fourth-order valence-corrected chi connectivity index (χ4v) is 2.49. The standard InChI is InChI=1S/C15H23N3O2/c1-11-3-4-14(13(16)9-11)17-15(19)10-18-7-5-12(20-2)6-8-18/h3-4,9,12H,5-8,10,16H2,1-2H3,(H,17,19). The smallest absolute Gasteiger partial charge is 0.238 e. The fraction of sp³-hybridized carbons (Fsp3) is 0.533. The van der Waals surface area contributed by atoms with Gasteiger partial charge >= 0.3 is 0 Å². The summed E-state index contributed by atoms with van der Waals surface area (Å²) in [6, 6.07) is 5.65. The van der Waals surface area contributed by atoms with Crippen molar-refractivity contribution in [3.63, 3.8) is 0 Å². The van der Waals surface area contributed by atoms with Gasteiger partial charge < -0.3 is 15.8 Å². The summed E-state index contributed by atoms with van der Waals surface area (Å²) in [5.41, 5.74) is 8.27. The van der Waals surface area contributed by atoms with E-state index in [2.05, 4.69) is 10.2 Å². The van der Waals surface area contributed by atoms with Crippen LogP contribution in [0.2, 0.25) is 0 Å². The molecule has 110 valence electrons. The number of anilines is 2. The molecule has 5 heteroatoms. The number of nitrogens with two attached hydrogens (primary N) is 1. The Labute approximate surface area is 120 Å². The lowest BCUT2D eigenvalue weighted by Crippen LogP contribution is -2.41. The van der Waals surface area contributed by atoms with Gasteiger partial charge in [-0.2, -0.15) is 0 Å². The number of hydrogen-bond donors (Lipinski definition) is 2. The van der Waals surface area contributed by atoms with E-state index in [0.717, 1.165) is 31.5 Å². The van der Waals surface area contributed by atoms with Crippen LogP contribution >= 0.6 is 0 Å². The van der Waals surface area contributed by atoms with Crippen LogP contribution in [0.15, 0.2) is 18.2 Å². The SMILES string of the molecule is COC1CCN(CC(=O)Nc2ccc(C)cc2N)CC1. The van der Waals surface area contributed by atoms with Crippen LogP contribution in [0.1, 0.15) is 18.4 Å². The second-order valence-electron chi connectivity index (χ2n) is 5.35. The van der Waals surface area contributed by atoms with Crippen LogP contribution in [0, 0.1) is 6.92 Å². The molecule has 5 nitrogen and oxygen atoms in total. The summed E-state index contributed by atoms with van der Waals surface area (Å²) in [5, 5.41) is 2.87. The zero-order valence-electron chi connectivity index (χ0n) is 12.2. The van der Waals surface area contributed by atoms with Crippen LogP contribution in [-0.4, -0.2) is 43.7 Å². The largest absolute Gasteiger partial charge is 0.397 e. The average Bonchev–Trinajstić information content (AvgIpc) is 2.43. The van der Waals surface area contributed by atoms with Crippen molar-refractivity contribution in [2.24, 2.45) is 0 Å². The summed E-state index contributed by atoms with van der Waals surface area (Å²) >= 11 is 0. The molecule has 1 aliphatic rings. The number of nitrogen functional groups attached to an aromatic ring is 1. The van der Waals surface area contributed by atoms with Gasteiger partial charge in [-0.3, -0.25) is 9.69 Å². The van der Waals surface area contributed by atoms with Gasteiger partial charge in [-0.05, 0) is 37.5 Å². The van der Waals surface area contributed by atoms with Gasteiger partial charge in [0.2, 0.25) is 5.91 Å². The molecule has 0 aliphatic carbocycles. The van der Waals surface area contributed by atoms with Crippen LogP contribution in [0.25, 0.3) is 0 Å². The minimum Gasteiger partial charge on any atom is -0.397 e. The van der Waals surface area contributed by atoms with E-state index in [0.29, 0.717) is 24.0 Å². The summed E-state index contributed by atoms with van der Waals surface area (Å²) in [5.74, 6) is -0.0172. The van der Waals surface area contributed by atoms with Gasteiger partial charge in [0.05, 0.1) is 24.0 Å². The molecule has 1 fully saturated rings. The first-order valence-corrected chi connectivity index (χ1v) is 6.99. The van der Waals surface area contributed by atoms with Crippen molar-refractivity contribution in [1.29, 1.82) is 0 Å². The lowest BCUT2D eigenvalue weighted by Gasteiger charge is -2.30. The third-order valence-electron chi connectivity index (χ3n) is 3.72. The van der Waals surface area contributed by atoms with Gasteiger partial charge in [-0.25, -0.2) is 0 Å². The highest BCUT2D eigenvalue weighted by atomic mass is 16.5. The number of aryl methyl sites for hydroxylation is 1. The summed E-state index contributed by atoms with van der Waals surface area (Å²) in [7, 11) is 1.74. The maximum absolute atomic E-state index is 12.0. The molecule has 0 bridgehead atoms. The number of rotatable bonds is 4. The van der Waals surface area contributed by atoms with Crippen molar-refractivity contribution in [3.05, 3.63) is 23.8 Å². The minimum atomic E-state index is -0.0172. The van der Waals surface area contributed by atoms with Crippen LogP contribution in [0.5, 0.6) is 0 Å². The van der Waals surface area contributed by atoms with E-state index in [4.69, 9.17) is 10.5 Å². The second kappa shape index (κ2) is 6.72. The van der Waals surface area contributed by atoms with Gasteiger partial charge in [-0.1, -0.05) is 6.07 Å². The molecule has 0 saturated carbocycles. The van der Waals surface area contributed by atoms with E-state index in [1.165, 1.54) is 0 Å². The van der Waals surface area contributed by atoms with E-state index in [1.807, 2.05) is 25.1 Å². The molecule has 0 unspecified atom stereocenters. The Bertz CT molecular complexity index is 468. The molecule has 0 atom stereocenters. The second-order valence-corrected chi connectivity index (χ2v) is 5.35. The first-order valence-electron chi connectivity index (χ1n) is 6.99. The van der Waals surface area contributed by atoms with E-state index in [1.54, 1.807) is 7.11 Å². The number of carbonyl (C=O) groups excluding carboxylic acids is 1. The van der Waals surface area contributed by atoms with E-state index >= 15 is 0 Å². The maximum Gasteiger partial charge on any atom is 0.238 e. The zero-order valence-corrected chi connectivity index (χ0v) is 12.2. The zero-order chi connectivity index (χ0) is 14.5. The number of benzene rings is 1. The number of nitrogens with one attached hydrogen (secondary N) is 1. The van der Waals surface area contributed by atoms with Crippen molar-refractivity contribution < 1.29 is 9.53 Å². The van der Waals surface area contributed by atoms with Crippen LogP contribution in [0.3, 0.4) is 0 Å². The van der Waals surface area contributed by atoms with Gasteiger partial charge in [0.25, 0.3) is 0 Å². The molecule has 1 heterocycles. The van der Waals surface area contributed by atoms with Crippen molar-refractivity contribution in [3.8, 4) is 0 Å². The van der Waals surface area contributed by atoms with Crippen molar-refractivity contribution in [2.75, 3.05) is 37.8 Å². The Kier molecular flexibility index (Phi) is 4.98. The number of ether oxygens (including phenoxy) is 1. The minimum absolute atomic E-state index is 0.0172. The predicted octanol–water partition coefficient (Wildman–Crippen LogP) is 1.63. The molecule has 1 aromatic rings. The molecule has 1 amide bonds. The lowest BCUT2D eigenvalue weighted by atomic mass is 10.1. The molecular weight excluding hydrogens is 254 g/mol. The Morgan fingerprint density at radius 3 is 2.75 bits per heavy atom. The molecular formula is C15H23N3O2. The molecule has 0 spiro atoms. The molecule has 1 saturated heterocycles. The van der Waals surface area contributed by atoms with Gasteiger partial charge in [0, 0.05) is 20.2 Å². The molecule has 1 aromatic carbocycles. The number of methoxy groups -OCH3 is 1. The molecule has 1 aliphatic heterocycles. The van der Waals surface area contributed by atoms with Crippen molar-refractivity contribution in [1.82, 2.24) is 4.90 Å². The first-order chi connectivity index (χ1) is 9.58. The highest BCUT2D eigenvalue weighted by molar-refractivity contribution is 5.95. The number of nitrogens with zero attached hydrogens (tertiary/aromatic N) is 1. The Balaban J connectivity index is 1.84. The summed E-state index contributed by atoms with van der Waals surface area (Å²) in [4.78, 5) is 14.2. The summed E-state index contributed by atoms with van der Waals surface area (Å²) in [6.07, 6.45) is 2.30. The summed E-state index contributed by atoms with van der Waals surface area (Å²) < 4.78 is 5.32. The molecule has 20 heavy (non-hydrogen) atoms. The average molecular weight is 277 g/mol. The number of carbonyl (C=O) groups is 1. The molecule has 0 aromatic heterocycles. The third-order valence-corrected chi connectivity index (χ3v) is 3.72. The van der Waals surface area contributed by atoms with E-state index in [-0.39, 0.29) is 5.91 Å². The number of hydrogen-bond acceptors (Lipinski definition) is 4. The third kappa shape index (κ3) is 3.95. The Hall–Kier alpha value is -1.59. The predicted molar refractivity (Wildman–Crippen MR) is 80.7 cm³/mol. The normalized spacial score (nSPS) is 17.1. The Morgan fingerprint density at radius 1 is 1.45 bits per heavy atom. The number of amides is 1. The highest BCUT2D eigenvalue weighted by Crippen LogP contribution is 2.19. The van der Waals surface area contributed by atoms with Gasteiger partial charge in [0.1, 0.15) is 0 Å². The van der Waals surface area contributed by atoms with Crippen LogP contribution < -0.4 is 11.1 Å². The monoisotopic (exact) mass is 277 g/mol. The first kappa shape index (κ1) is 14.8.